The maximum atomic E-state index is 14.0. The van der Waals surface area contributed by atoms with Gasteiger partial charge in [-0.1, -0.05) is 23.5 Å². The number of carbonyl (C=O) groups is 5. The van der Waals surface area contributed by atoms with Gasteiger partial charge in [0.25, 0.3) is 0 Å². The SMILES string of the molecule is CC(=O)OC1C(OP(=O)(OCCSC(C)=O)OCCSC(C)=O)OC(C(F)(F)F)C(OC(C)=O)C1OC(C)=O. The Bertz CT molecular complexity index is 922. The van der Waals surface area contributed by atoms with Crippen LogP contribution in [0, 0.1) is 0 Å². The molecule has 1 heterocycles. The Kier molecular flexibility index (Phi) is 14.4. The van der Waals surface area contributed by atoms with E-state index in [2.05, 4.69) is 0 Å². The Labute approximate surface area is 230 Å². The van der Waals surface area contributed by atoms with Gasteiger partial charge in [-0.25, -0.2) is 4.57 Å². The van der Waals surface area contributed by atoms with Crippen molar-refractivity contribution in [1.82, 2.24) is 0 Å². The van der Waals surface area contributed by atoms with Crippen molar-refractivity contribution in [1.29, 1.82) is 0 Å². The number of carbonyl (C=O) groups excluding carboxylic acids is 5. The van der Waals surface area contributed by atoms with Gasteiger partial charge in [0.1, 0.15) is 0 Å². The van der Waals surface area contributed by atoms with Gasteiger partial charge >= 0.3 is 31.9 Å². The molecule has 5 atom stereocenters. The molecule has 1 aliphatic heterocycles. The molecule has 0 aromatic rings. The van der Waals surface area contributed by atoms with Gasteiger partial charge in [0, 0.05) is 46.1 Å². The molecule has 0 aromatic heterocycles. The second kappa shape index (κ2) is 15.9. The molecular weight excluding hydrogens is 600 g/mol. The molecule has 0 N–H and O–H groups in total. The van der Waals surface area contributed by atoms with Gasteiger partial charge in [0.2, 0.25) is 6.29 Å². The molecule has 0 bridgehead atoms. The van der Waals surface area contributed by atoms with Crippen LogP contribution in [0.2, 0.25) is 0 Å². The zero-order valence-electron chi connectivity index (χ0n) is 21.4. The van der Waals surface area contributed by atoms with Crippen molar-refractivity contribution in [2.75, 3.05) is 24.7 Å². The average molecular weight is 629 g/mol. The highest BCUT2D eigenvalue weighted by atomic mass is 32.2. The topological polar surface area (TPSA) is 167 Å². The molecule has 0 spiro atoms. The van der Waals surface area contributed by atoms with Crippen LogP contribution in [0.25, 0.3) is 0 Å². The third-order valence-corrected chi connectivity index (χ3v) is 7.25. The van der Waals surface area contributed by atoms with Crippen LogP contribution in [0.4, 0.5) is 13.2 Å². The third kappa shape index (κ3) is 13.0. The van der Waals surface area contributed by atoms with E-state index in [9.17, 15) is 41.7 Å². The van der Waals surface area contributed by atoms with Crippen molar-refractivity contribution in [3.8, 4) is 0 Å². The number of ether oxygens (including phenoxy) is 4. The normalized spacial score (nSPS) is 23.5. The fourth-order valence-electron chi connectivity index (χ4n) is 3.02. The molecule has 1 fully saturated rings. The number of halogens is 3. The molecule has 0 radical (unpaired) electrons. The monoisotopic (exact) mass is 628 g/mol. The number of esters is 3. The maximum absolute atomic E-state index is 14.0. The lowest BCUT2D eigenvalue weighted by atomic mass is 9.97. The minimum atomic E-state index is -5.26. The van der Waals surface area contributed by atoms with Crippen LogP contribution in [0.5, 0.6) is 0 Å². The van der Waals surface area contributed by atoms with Crippen LogP contribution in [0.3, 0.4) is 0 Å². The van der Waals surface area contributed by atoms with E-state index < -0.39 is 75.8 Å². The molecule has 224 valence electrons. The zero-order valence-corrected chi connectivity index (χ0v) is 23.9. The summed E-state index contributed by atoms with van der Waals surface area (Å²) in [7, 11) is -4.86. The van der Waals surface area contributed by atoms with Crippen molar-refractivity contribution in [2.24, 2.45) is 0 Å². The molecule has 0 aromatic carbocycles. The van der Waals surface area contributed by atoms with Gasteiger partial charge in [0.15, 0.2) is 34.6 Å². The second-order valence-electron chi connectivity index (χ2n) is 7.59. The number of rotatable bonds is 13. The van der Waals surface area contributed by atoms with Gasteiger partial charge < -0.3 is 18.9 Å². The molecular formula is C20H28F3O13PS2. The quantitative estimate of drug-likeness (QED) is 0.126. The third-order valence-electron chi connectivity index (χ3n) is 4.23. The molecule has 1 rings (SSSR count). The Balaban J connectivity index is 3.44. The summed E-state index contributed by atoms with van der Waals surface area (Å²) in [5.41, 5.74) is 0. The van der Waals surface area contributed by atoms with E-state index in [1.54, 1.807) is 0 Å². The van der Waals surface area contributed by atoms with Crippen molar-refractivity contribution in [2.45, 2.75) is 71.5 Å². The minimum absolute atomic E-state index is 0.0527. The molecule has 39 heavy (non-hydrogen) atoms. The van der Waals surface area contributed by atoms with Crippen LogP contribution < -0.4 is 0 Å². The Hall–Kier alpha value is -1.69. The standard InChI is InChI=1S/C20H28F3O13PS2/c1-10(24)32-15-16(33-11(2)25)18(20(21,22)23)35-19(17(15)34-12(3)26)36-37(29,30-6-8-38-13(4)27)31-7-9-39-14(5)28/h15-19H,6-9H2,1-5H3. The Morgan fingerprint density at radius 3 is 1.54 bits per heavy atom. The highest BCUT2D eigenvalue weighted by Gasteiger charge is 2.62. The summed E-state index contributed by atoms with van der Waals surface area (Å²) in [6, 6.07) is 0. The Morgan fingerprint density at radius 2 is 1.15 bits per heavy atom. The lowest BCUT2D eigenvalue weighted by Crippen LogP contribution is -2.65. The summed E-state index contributed by atoms with van der Waals surface area (Å²) in [4.78, 5) is 57.5. The largest absolute Gasteiger partial charge is 0.477 e. The van der Waals surface area contributed by atoms with Crippen molar-refractivity contribution in [3.05, 3.63) is 0 Å². The maximum Gasteiger partial charge on any atom is 0.477 e. The summed E-state index contributed by atoms with van der Waals surface area (Å²) in [6.45, 7) is 4.10. The average Bonchev–Trinajstić information content (AvgIpc) is 2.76. The summed E-state index contributed by atoms with van der Waals surface area (Å²) in [5.74, 6) is -3.56. The first kappa shape index (κ1) is 35.3. The molecule has 0 amide bonds. The first-order valence-corrected chi connectivity index (χ1v) is 14.5. The van der Waals surface area contributed by atoms with Crippen LogP contribution >= 0.6 is 31.3 Å². The molecule has 19 heteroatoms. The first-order valence-electron chi connectivity index (χ1n) is 11.0. The van der Waals surface area contributed by atoms with E-state index in [0.29, 0.717) is 0 Å². The fourth-order valence-corrected chi connectivity index (χ4v) is 5.42. The smallest absolute Gasteiger partial charge is 0.455 e. The van der Waals surface area contributed by atoms with E-state index in [4.69, 9.17) is 32.5 Å². The van der Waals surface area contributed by atoms with Gasteiger partial charge in [-0.3, -0.25) is 37.5 Å². The lowest BCUT2D eigenvalue weighted by Gasteiger charge is -2.44. The van der Waals surface area contributed by atoms with E-state index in [1.165, 1.54) is 13.8 Å². The number of phosphoric ester groups is 1. The number of hydrogen-bond acceptors (Lipinski definition) is 15. The highest BCUT2D eigenvalue weighted by molar-refractivity contribution is 8.13. The number of alkyl halides is 3. The molecule has 13 nitrogen and oxygen atoms in total. The van der Waals surface area contributed by atoms with E-state index in [-0.39, 0.29) is 21.7 Å². The van der Waals surface area contributed by atoms with E-state index >= 15 is 0 Å². The van der Waals surface area contributed by atoms with Gasteiger partial charge in [0.05, 0.1) is 13.2 Å². The molecule has 5 unspecified atom stereocenters. The van der Waals surface area contributed by atoms with E-state index in [1.807, 2.05) is 0 Å². The van der Waals surface area contributed by atoms with E-state index in [0.717, 1.165) is 44.3 Å². The number of phosphoric acid groups is 1. The first-order chi connectivity index (χ1) is 17.9. The van der Waals surface area contributed by atoms with Gasteiger partial charge in [-0.05, 0) is 0 Å². The number of hydrogen-bond donors (Lipinski definition) is 0. The minimum Gasteiger partial charge on any atom is -0.455 e. The zero-order chi connectivity index (χ0) is 30.0. The van der Waals surface area contributed by atoms with Crippen molar-refractivity contribution in [3.63, 3.8) is 0 Å². The van der Waals surface area contributed by atoms with Gasteiger partial charge in [-0.2, -0.15) is 13.2 Å². The van der Waals surface area contributed by atoms with Crippen molar-refractivity contribution < 1.29 is 74.2 Å². The summed E-state index contributed by atoms with van der Waals surface area (Å²) >= 11 is 1.55. The summed E-state index contributed by atoms with van der Waals surface area (Å²) in [6.07, 6.45) is -17.2. The molecule has 1 saturated heterocycles. The van der Waals surface area contributed by atoms with Crippen LogP contribution in [0.15, 0.2) is 0 Å². The number of thioether (sulfide) groups is 2. The predicted octanol–water partition coefficient (Wildman–Crippen LogP) is 2.79. The molecule has 0 saturated carbocycles. The fraction of sp³-hybridized carbons (Fsp3) is 0.750. The van der Waals surface area contributed by atoms with Crippen LogP contribution in [-0.4, -0.2) is 89.7 Å². The van der Waals surface area contributed by atoms with Gasteiger partial charge in [-0.15, -0.1) is 0 Å². The van der Waals surface area contributed by atoms with Crippen LogP contribution in [-0.2, 0) is 61.1 Å². The lowest BCUT2D eigenvalue weighted by molar-refractivity contribution is -0.344. The Morgan fingerprint density at radius 1 is 0.744 bits per heavy atom. The summed E-state index contributed by atoms with van der Waals surface area (Å²) < 4.78 is 90.3. The molecule has 0 aliphatic carbocycles. The van der Waals surface area contributed by atoms with Crippen molar-refractivity contribution >= 4 is 59.5 Å². The second-order valence-corrected chi connectivity index (χ2v) is 11.8. The van der Waals surface area contributed by atoms with Crippen LogP contribution in [0.1, 0.15) is 34.6 Å². The highest BCUT2D eigenvalue weighted by Crippen LogP contribution is 2.53. The summed E-state index contributed by atoms with van der Waals surface area (Å²) in [5, 5.41) is -0.625. The predicted molar refractivity (Wildman–Crippen MR) is 128 cm³/mol. The molecule has 1 aliphatic rings.